The van der Waals surface area contributed by atoms with E-state index in [0.29, 0.717) is 22.4 Å². The fourth-order valence-corrected chi connectivity index (χ4v) is 7.80. The van der Waals surface area contributed by atoms with Crippen LogP contribution in [0.4, 0.5) is 39.8 Å². The molecule has 0 fully saturated rings. The number of phenolic OH excluding ortho intramolecular Hbond substituents is 2. The molecule has 0 bridgehead atoms. The van der Waals surface area contributed by atoms with Crippen LogP contribution in [0.15, 0.2) is 139 Å². The van der Waals surface area contributed by atoms with Crippen molar-refractivity contribution in [1.29, 1.82) is 0 Å². The molecule has 0 heterocycles. The van der Waals surface area contributed by atoms with Crippen LogP contribution in [0.5, 0.6) is 11.5 Å². The second-order valence-electron chi connectivity index (χ2n) is 14.1. The Hall–Kier alpha value is -5.11. The maximum atomic E-state index is 13.3. The van der Waals surface area contributed by atoms with Crippen LogP contribution in [0.3, 0.4) is 0 Å². The van der Waals surface area contributed by atoms with E-state index < -0.39 is 70.7 Å². The number of azo groups is 2. The molecule has 67 heavy (non-hydrogen) atoms. The van der Waals surface area contributed by atoms with Crippen molar-refractivity contribution in [1.82, 2.24) is 0 Å². The molecule has 0 unspecified atom stereocenters. The standard InChI is InChI=1S/C43H33N7O12S2.3Na/c1-21-15-23(7-13-32(21)44)41(53)45-27-9-11-29-25(17-27)19-35(63(57,58)59)37(39(29)51)49-47-33-14-8-24(16-22(33)2)42(54)46-28-10-12-30-26(18-28)20-36(64(60,61)62)38(40(30)52)50-48-34-6-4-3-5-31(34)43(55)56;;;/h3-20,51-52H,44H2,1-2H3,(H,45,53)(H,46,54)(H,55,56)(H,57,58,59)(H,60,61,62);;;/q;3*+1/p-3. The van der Waals surface area contributed by atoms with Gasteiger partial charge in [0.2, 0.25) is 0 Å². The Morgan fingerprint density at radius 3 is 1.46 bits per heavy atom. The van der Waals surface area contributed by atoms with Crippen molar-refractivity contribution in [2.45, 2.75) is 23.6 Å². The van der Waals surface area contributed by atoms with E-state index in [-0.39, 0.29) is 144 Å². The zero-order valence-corrected chi connectivity index (χ0v) is 43.7. The molecule has 0 aliphatic rings. The van der Waals surface area contributed by atoms with Crippen LogP contribution in [0.25, 0.3) is 21.5 Å². The van der Waals surface area contributed by atoms with Gasteiger partial charge in [-0.2, -0.15) is 5.11 Å². The summed E-state index contributed by atoms with van der Waals surface area (Å²) in [5.41, 5.74) is 6.20. The Morgan fingerprint density at radius 1 is 0.567 bits per heavy atom. The van der Waals surface area contributed by atoms with E-state index in [0.717, 1.165) is 12.1 Å². The van der Waals surface area contributed by atoms with Crippen LogP contribution in [0.2, 0.25) is 0 Å². The Kier molecular flexibility index (Phi) is 17.8. The first kappa shape index (κ1) is 54.5. The summed E-state index contributed by atoms with van der Waals surface area (Å²) in [5, 5.41) is 54.5. The zero-order valence-electron chi connectivity index (χ0n) is 36.1. The number of anilines is 3. The largest absolute Gasteiger partial charge is 1.00 e. The molecule has 0 saturated heterocycles. The molecule has 0 spiro atoms. The number of nitrogens with one attached hydrogen (secondary N) is 2. The number of carboxylic acid groups (broad SMARTS) is 1. The molecule has 0 saturated carbocycles. The van der Waals surface area contributed by atoms with Gasteiger partial charge in [-0.25, -0.2) is 16.8 Å². The van der Waals surface area contributed by atoms with Crippen molar-refractivity contribution in [2.75, 3.05) is 16.4 Å². The number of amides is 2. The van der Waals surface area contributed by atoms with Gasteiger partial charge in [0.1, 0.15) is 31.6 Å². The number of carbonyl (C=O) groups excluding carboxylic acids is 3. The number of phenols is 2. The molecule has 0 aromatic heterocycles. The maximum absolute atomic E-state index is 13.3. The Balaban J connectivity index is 0.00000327. The number of hydrogen-bond acceptors (Lipinski definition) is 17. The molecule has 7 aromatic rings. The fraction of sp³-hybridized carbons (Fsp3) is 0.0465. The molecule has 6 N–H and O–H groups in total. The maximum Gasteiger partial charge on any atom is 1.00 e. The van der Waals surface area contributed by atoms with Crippen LogP contribution in [-0.4, -0.2) is 53.9 Å². The summed E-state index contributed by atoms with van der Waals surface area (Å²) < 4.78 is 74.0. The number of rotatable bonds is 11. The third-order valence-corrected chi connectivity index (χ3v) is 11.5. The number of fused-ring (bicyclic) bond motifs is 2. The first-order valence-corrected chi connectivity index (χ1v) is 21.3. The third kappa shape index (κ3) is 12.1. The number of hydrogen-bond donors (Lipinski definition) is 5. The monoisotopic (exact) mass is 969 g/mol. The summed E-state index contributed by atoms with van der Waals surface area (Å²) in [5.74, 6) is -4.20. The van der Waals surface area contributed by atoms with Gasteiger partial charge in [0.15, 0.2) is 11.5 Å². The van der Waals surface area contributed by atoms with Crippen LogP contribution < -0.4 is 110 Å². The van der Waals surface area contributed by atoms with E-state index in [1.165, 1.54) is 84.9 Å². The smallest absolute Gasteiger partial charge is 0.744 e. The quantitative estimate of drug-likeness (QED) is 0.0411. The first-order valence-electron chi connectivity index (χ1n) is 18.4. The molecule has 0 atom stereocenters. The summed E-state index contributed by atoms with van der Waals surface area (Å²) in [7, 11) is -10.5. The predicted molar refractivity (Wildman–Crippen MR) is 229 cm³/mol. The molecule has 19 nitrogen and oxygen atoms in total. The Bertz CT molecular complexity index is 3450. The van der Waals surface area contributed by atoms with Gasteiger partial charge in [-0.15, -0.1) is 15.3 Å². The van der Waals surface area contributed by atoms with Gasteiger partial charge in [0.05, 0.1) is 27.1 Å². The van der Waals surface area contributed by atoms with E-state index in [1.54, 1.807) is 26.0 Å². The van der Waals surface area contributed by atoms with Gasteiger partial charge in [-0.3, -0.25) is 9.59 Å². The summed E-state index contributed by atoms with van der Waals surface area (Å²) >= 11 is 0. The molecular weight excluding hydrogens is 940 g/mol. The third-order valence-electron chi connectivity index (χ3n) is 9.79. The van der Waals surface area contributed by atoms with Crippen molar-refractivity contribution < 1.29 is 144 Å². The molecule has 24 heteroatoms. The van der Waals surface area contributed by atoms with Crippen molar-refractivity contribution in [3.63, 3.8) is 0 Å². The van der Waals surface area contributed by atoms with E-state index in [2.05, 4.69) is 31.1 Å². The number of carbonyl (C=O) groups is 3. The minimum Gasteiger partial charge on any atom is -0.744 e. The fourth-order valence-electron chi connectivity index (χ4n) is 6.51. The van der Waals surface area contributed by atoms with Gasteiger partial charge in [-0.1, -0.05) is 18.2 Å². The van der Waals surface area contributed by atoms with Gasteiger partial charge < -0.3 is 45.6 Å². The predicted octanol–water partition coefficient (Wildman–Crippen LogP) is -1.88. The number of nitrogens with two attached hydrogens (primary N) is 1. The number of aromatic hydroxyl groups is 2. The molecule has 0 radical (unpaired) electrons. The van der Waals surface area contributed by atoms with Gasteiger partial charge >= 0.3 is 88.7 Å². The minimum atomic E-state index is -5.30. The number of carboxylic acids is 1. The van der Waals surface area contributed by atoms with Gasteiger partial charge in [-0.05, 0) is 127 Å². The number of aryl methyl sites for hydroxylation is 2. The first-order chi connectivity index (χ1) is 30.2. The van der Waals surface area contributed by atoms with Crippen LogP contribution in [-0.2, 0) is 20.2 Å². The average Bonchev–Trinajstić information content (AvgIpc) is 3.23. The molecule has 7 aromatic carbocycles. The molecule has 0 aliphatic carbocycles. The summed E-state index contributed by atoms with van der Waals surface area (Å²) in [4.78, 5) is 35.8. The van der Waals surface area contributed by atoms with E-state index in [9.17, 15) is 55.6 Å². The Labute approximate surface area is 448 Å². The van der Waals surface area contributed by atoms with E-state index >= 15 is 0 Å². The van der Waals surface area contributed by atoms with E-state index in [4.69, 9.17) is 5.73 Å². The zero-order chi connectivity index (χ0) is 46.2. The number of nitrogen functional groups attached to an aromatic ring is 1. The normalized spacial score (nSPS) is 11.5. The molecule has 7 rings (SSSR count). The molecular formula is C43H30N7Na3O12S2. The van der Waals surface area contributed by atoms with Crippen molar-refractivity contribution in [2.24, 2.45) is 20.5 Å². The SMILES string of the molecule is Cc1cc(C(=O)Nc2ccc3c(O)c(N=Nc4ccc(C(=O)Nc5ccc6c(O)c(N=Nc7ccccc7C(=O)[O-])c(S(=O)(=O)[O-])cc6c5)cc4C)c(S(=O)(=O)[O-])cc3c2)ccc1N.[Na+].[Na+].[Na+]. The second-order valence-corrected chi connectivity index (χ2v) is 16.8. The van der Waals surface area contributed by atoms with Crippen LogP contribution in [0.1, 0.15) is 42.2 Å². The Morgan fingerprint density at radius 2 is 1.01 bits per heavy atom. The number of aromatic carboxylic acids is 1. The van der Waals surface area contributed by atoms with Crippen molar-refractivity contribution in [3.8, 4) is 11.5 Å². The van der Waals surface area contributed by atoms with Crippen molar-refractivity contribution in [3.05, 3.63) is 137 Å². The number of nitrogens with zero attached hydrogens (tertiary/aromatic N) is 4. The molecule has 0 aliphatic heterocycles. The topological polar surface area (TPSA) is 329 Å². The molecule has 2 amide bonds. The number of benzene rings is 7. The summed E-state index contributed by atoms with van der Waals surface area (Å²) in [6, 6.07) is 24.1. The van der Waals surface area contributed by atoms with Gasteiger partial charge in [0.25, 0.3) is 11.8 Å². The van der Waals surface area contributed by atoms with Crippen LogP contribution in [0, 0.1) is 13.8 Å². The summed E-state index contributed by atoms with van der Waals surface area (Å²) in [6.45, 7) is 3.29. The second kappa shape index (κ2) is 21.9. The van der Waals surface area contributed by atoms with Crippen molar-refractivity contribution >= 4 is 99.4 Å². The van der Waals surface area contributed by atoms with Gasteiger partial charge in [0, 0.05) is 44.5 Å². The minimum absolute atomic E-state index is 0. The summed E-state index contributed by atoms with van der Waals surface area (Å²) in [6.07, 6.45) is 0. The average molecular weight is 970 g/mol. The van der Waals surface area contributed by atoms with Crippen LogP contribution >= 0.6 is 0 Å². The van der Waals surface area contributed by atoms with E-state index in [1.807, 2.05) is 0 Å². The molecule has 324 valence electrons.